The van der Waals surface area contributed by atoms with Crippen molar-refractivity contribution >= 4 is 17.5 Å². The summed E-state index contributed by atoms with van der Waals surface area (Å²) in [6.07, 6.45) is 0.839. The van der Waals surface area contributed by atoms with Crippen molar-refractivity contribution in [3.8, 4) is 0 Å². The third kappa shape index (κ3) is 4.15. The number of carbonyl (C=O) groups is 1. The Kier molecular flexibility index (Phi) is 5.51. The van der Waals surface area contributed by atoms with Crippen molar-refractivity contribution in [1.82, 2.24) is 16.2 Å². The molecule has 0 spiro atoms. The minimum atomic E-state index is -0.135. The molecule has 0 aliphatic carbocycles. The third-order valence-electron chi connectivity index (χ3n) is 4.38. The molecule has 2 atom stereocenters. The molecular formula is C19H22ClN3O. The molecule has 1 saturated heterocycles. The van der Waals surface area contributed by atoms with E-state index in [9.17, 15) is 4.79 Å². The fraction of sp³-hybridized carbons (Fsp3) is 0.316. The normalized spacial score (nSPS) is 20.1. The molecule has 0 saturated carbocycles. The monoisotopic (exact) mass is 343 g/mol. The number of hydrogen-bond donors (Lipinski definition) is 3. The van der Waals surface area contributed by atoms with E-state index in [1.54, 1.807) is 0 Å². The minimum absolute atomic E-state index is 0.0401. The Hall–Kier alpha value is -1.88. The molecular weight excluding hydrogens is 322 g/mol. The number of hydrogen-bond acceptors (Lipinski definition) is 3. The first-order chi connectivity index (χ1) is 11.6. The van der Waals surface area contributed by atoms with Crippen LogP contribution in [0, 0.1) is 12.8 Å². The van der Waals surface area contributed by atoms with E-state index >= 15 is 0 Å². The van der Waals surface area contributed by atoms with Crippen LogP contribution in [0.3, 0.4) is 0 Å². The number of halogens is 1. The summed E-state index contributed by atoms with van der Waals surface area (Å²) < 4.78 is 0. The van der Waals surface area contributed by atoms with Crippen LogP contribution in [0.15, 0.2) is 48.5 Å². The van der Waals surface area contributed by atoms with Crippen LogP contribution < -0.4 is 16.2 Å². The SMILES string of the molecule is Cc1ccc(CCNC(=O)C2CNNC2c2ccc(Cl)cc2)cc1. The number of carbonyl (C=O) groups excluding carboxylic acids is 1. The van der Waals surface area contributed by atoms with E-state index in [1.165, 1.54) is 11.1 Å². The average Bonchev–Trinajstić information content (AvgIpc) is 3.07. The Morgan fingerprint density at radius 3 is 2.58 bits per heavy atom. The fourth-order valence-electron chi connectivity index (χ4n) is 2.94. The van der Waals surface area contributed by atoms with Crippen LogP contribution in [-0.4, -0.2) is 19.0 Å². The molecule has 1 fully saturated rings. The summed E-state index contributed by atoms with van der Waals surface area (Å²) in [4.78, 5) is 12.5. The molecule has 3 N–H and O–H groups in total. The second-order valence-electron chi connectivity index (χ2n) is 6.19. The minimum Gasteiger partial charge on any atom is -0.355 e. The zero-order valence-electron chi connectivity index (χ0n) is 13.7. The van der Waals surface area contributed by atoms with Gasteiger partial charge in [0.15, 0.2) is 0 Å². The molecule has 0 radical (unpaired) electrons. The number of hydrazine groups is 1. The van der Waals surface area contributed by atoms with Gasteiger partial charge in [-0.2, -0.15) is 0 Å². The van der Waals surface area contributed by atoms with E-state index in [0.717, 1.165) is 12.0 Å². The topological polar surface area (TPSA) is 53.2 Å². The van der Waals surface area contributed by atoms with Gasteiger partial charge in [0.2, 0.25) is 5.91 Å². The number of rotatable bonds is 5. The zero-order valence-corrected chi connectivity index (χ0v) is 14.4. The van der Waals surface area contributed by atoms with E-state index in [0.29, 0.717) is 18.1 Å². The Morgan fingerprint density at radius 1 is 1.17 bits per heavy atom. The maximum atomic E-state index is 12.5. The molecule has 2 aromatic carbocycles. The van der Waals surface area contributed by atoms with Gasteiger partial charge in [-0.1, -0.05) is 53.6 Å². The van der Waals surface area contributed by atoms with Crippen molar-refractivity contribution < 1.29 is 4.79 Å². The summed E-state index contributed by atoms with van der Waals surface area (Å²) >= 11 is 5.94. The quantitative estimate of drug-likeness (QED) is 0.782. The van der Waals surface area contributed by atoms with Gasteiger partial charge in [0.25, 0.3) is 0 Å². The van der Waals surface area contributed by atoms with Gasteiger partial charge in [0.05, 0.1) is 12.0 Å². The number of aryl methyl sites for hydroxylation is 1. The van der Waals surface area contributed by atoms with E-state index in [2.05, 4.69) is 47.4 Å². The predicted octanol–water partition coefficient (Wildman–Crippen LogP) is 2.77. The van der Waals surface area contributed by atoms with E-state index in [1.807, 2.05) is 24.3 Å². The van der Waals surface area contributed by atoms with Crippen LogP contribution in [0.2, 0.25) is 5.02 Å². The molecule has 24 heavy (non-hydrogen) atoms. The van der Waals surface area contributed by atoms with Crippen molar-refractivity contribution in [3.63, 3.8) is 0 Å². The Bertz CT molecular complexity index is 685. The van der Waals surface area contributed by atoms with Crippen molar-refractivity contribution in [2.45, 2.75) is 19.4 Å². The number of amides is 1. The first-order valence-electron chi connectivity index (χ1n) is 8.20. The molecule has 3 rings (SSSR count). The number of benzene rings is 2. The first-order valence-corrected chi connectivity index (χ1v) is 8.58. The van der Waals surface area contributed by atoms with Crippen molar-refractivity contribution in [1.29, 1.82) is 0 Å². The molecule has 2 unspecified atom stereocenters. The van der Waals surface area contributed by atoms with Crippen LogP contribution in [0.4, 0.5) is 0 Å². The number of nitrogens with one attached hydrogen (secondary N) is 3. The van der Waals surface area contributed by atoms with Crippen molar-refractivity contribution in [2.75, 3.05) is 13.1 Å². The molecule has 1 aliphatic heterocycles. The lowest BCUT2D eigenvalue weighted by Gasteiger charge is -2.18. The molecule has 0 aromatic heterocycles. The standard InChI is InChI=1S/C19H22ClN3O/c1-13-2-4-14(5-3-13)10-11-21-19(24)17-12-22-23-18(17)15-6-8-16(20)9-7-15/h2-9,17-18,22-23H,10-12H2,1H3,(H,21,24). The largest absolute Gasteiger partial charge is 0.355 e. The summed E-state index contributed by atoms with van der Waals surface area (Å²) in [7, 11) is 0. The summed E-state index contributed by atoms with van der Waals surface area (Å²) in [6, 6.07) is 16.0. The highest BCUT2D eigenvalue weighted by Crippen LogP contribution is 2.26. The van der Waals surface area contributed by atoms with Gasteiger partial charge >= 0.3 is 0 Å². The molecule has 126 valence electrons. The van der Waals surface area contributed by atoms with Gasteiger partial charge in [-0.15, -0.1) is 0 Å². The highest BCUT2D eigenvalue weighted by atomic mass is 35.5. The zero-order chi connectivity index (χ0) is 16.9. The van der Waals surface area contributed by atoms with Crippen molar-refractivity contribution in [2.24, 2.45) is 5.92 Å². The lowest BCUT2D eigenvalue weighted by Crippen LogP contribution is -2.36. The highest BCUT2D eigenvalue weighted by Gasteiger charge is 2.33. The summed E-state index contributed by atoms with van der Waals surface area (Å²) in [5, 5.41) is 3.75. The van der Waals surface area contributed by atoms with E-state index in [-0.39, 0.29) is 17.9 Å². The van der Waals surface area contributed by atoms with E-state index < -0.39 is 0 Å². The fourth-order valence-corrected chi connectivity index (χ4v) is 3.07. The van der Waals surface area contributed by atoms with Gasteiger partial charge in [0, 0.05) is 18.1 Å². The smallest absolute Gasteiger partial charge is 0.226 e. The third-order valence-corrected chi connectivity index (χ3v) is 4.63. The van der Waals surface area contributed by atoms with Crippen LogP contribution in [0.5, 0.6) is 0 Å². The maximum Gasteiger partial charge on any atom is 0.226 e. The summed E-state index contributed by atoms with van der Waals surface area (Å²) in [5.74, 6) is -0.0660. The molecule has 1 amide bonds. The highest BCUT2D eigenvalue weighted by molar-refractivity contribution is 6.30. The lowest BCUT2D eigenvalue weighted by molar-refractivity contribution is -0.124. The second-order valence-corrected chi connectivity index (χ2v) is 6.62. The Labute approximate surface area is 147 Å². The van der Waals surface area contributed by atoms with Crippen molar-refractivity contribution in [3.05, 3.63) is 70.2 Å². The van der Waals surface area contributed by atoms with Crippen LogP contribution in [0.25, 0.3) is 0 Å². The average molecular weight is 344 g/mol. The maximum absolute atomic E-state index is 12.5. The molecule has 1 heterocycles. The summed E-state index contributed by atoms with van der Waals surface area (Å²) in [6.45, 7) is 3.33. The van der Waals surface area contributed by atoms with Gasteiger partial charge in [-0.3, -0.25) is 10.2 Å². The van der Waals surface area contributed by atoms with Gasteiger partial charge in [-0.25, -0.2) is 5.43 Å². The lowest BCUT2D eigenvalue weighted by atomic mass is 9.94. The predicted molar refractivity (Wildman–Crippen MR) is 96.7 cm³/mol. The molecule has 4 nitrogen and oxygen atoms in total. The molecule has 0 bridgehead atoms. The van der Waals surface area contributed by atoms with Gasteiger partial charge < -0.3 is 5.32 Å². The molecule has 5 heteroatoms. The Balaban J connectivity index is 1.55. The van der Waals surface area contributed by atoms with Crippen LogP contribution in [-0.2, 0) is 11.2 Å². The van der Waals surface area contributed by atoms with Crippen LogP contribution in [0.1, 0.15) is 22.7 Å². The molecule has 1 aliphatic rings. The second kappa shape index (κ2) is 7.79. The van der Waals surface area contributed by atoms with E-state index in [4.69, 9.17) is 11.6 Å². The van der Waals surface area contributed by atoms with Crippen LogP contribution >= 0.6 is 11.6 Å². The van der Waals surface area contributed by atoms with Gasteiger partial charge in [-0.05, 0) is 36.6 Å². The summed E-state index contributed by atoms with van der Waals surface area (Å²) in [5.41, 5.74) is 9.81. The molecule has 2 aromatic rings. The first kappa shape index (κ1) is 17.0. The Morgan fingerprint density at radius 2 is 1.88 bits per heavy atom. The van der Waals surface area contributed by atoms with Gasteiger partial charge in [0.1, 0.15) is 0 Å².